The molecule has 0 spiro atoms. The van der Waals surface area contributed by atoms with Gasteiger partial charge in [0, 0.05) is 37.6 Å². The zero-order valence-electron chi connectivity index (χ0n) is 12.4. The summed E-state index contributed by atoms with van der Waals surface area (Å²) in [6.07, 6.45) is 5.16. The van der Waals surface area contributed by atoms with Gasteiger partial charge in [-0.2, -0.15) is 5.11 Å². The maximum absolute atomic E-state index is 4.30. The van der Waals surface area contributed by atoms with Gasteiger partial charge < -0.3 is 4.90 Å². The predicted molar refractivity (Wildman–Crippen MR) is 90.0 cm³/mol. The first-order valence-electron chi connectivity index (χ1n) is 6.93. The number of anilines is 1. The van der Waals surface area contributed by atoms with E-state index in [-0.39, 0.29) is 0 Å². The molecule has 1 aromatic heterocycles. The molecule has 0 radical (unpaired) electrons. The molecule has 4 nitrogen and oxygen atoms in total. The van der Waals surface area contributed by atoms with Crippen molar-refractivity contribution in [3.63, 3.8) is 0 Å². The largest absolute Gasteiger partial charge is 0.378 e. The number of pyridine rings is 1. The van der Waals surface area contributed by atoms with Crippen LogP contribution in [0.15, 0.2) is 59.0 Å². The number of hydrogen-bond donors (Lipinski definition) is 0. The van der Waals surface area contributed by atoms with Crippen LogP contribution >= 0.6 is 15.9 Å². The van der Waals surface area contributed by atoms with Crippen molar-refractivity contribution < 1.29 is 4.57 Å². The van der Waals surface area contributed by atoms with Crippen LogP contribution in [0, 0.1) is 0 Å². The smallest absolute Gasteiger partial charge is 0.196 e. The van der Waals surface area contributed by atoms with Crippen molar-refractivity contribution in [3.8, 4) is 0 Å². The number of benzene rings is 1. The lowest BCUT2D eigenvalue weighted by molar-refractivity contribution is -0.696. The van der Waals surface area contributed by atoms with Gasteiger partial charge in [-0.05, 0) is 30.3 Å². The Kier molecular flexibility index (Phi) is 5.87. The fraction of sp³-hybridized carbons (Fsp3) is 0.312. The molecular weight excluding hydrogens is 328 g/mol. The normalized spacial score (nSPS) is 11.0. The molecule has 1 aromatic carbocycles. The summed E-state index contributed by atoms with van der Waals surface area (Å²) in [5, 5.41) is 9.58. The van der Waals surface area contributed by atoms with Gasteiger partial charge in [0.05, 0.1) is 5.69 Å². The lowest BCUT2D eigenvalue weighted by Gasteiger charge is -2.11. The summed E-state index contributed by atoms with van der Waals surface area (Å²) in [4.78, 5) is 2.06. The molecule has 0 aliphatic rings. The Morgan fingerprint density at radius 1 is 1.05 bits per heavy atom. The molecule has 2 aromatic rings. The van der Waals surface area contributed by atoms with E-state index in [2.05, 4.69) is 35.6 Å². The molecule has 0 aliphatic carbocycles. The Morgan fingerprint density at radius 3 is 2.43 bits per heavy atom. The highest BCUT2D eigenvalue weighted by Crippen LogP contribution is 2.20. The maximum atomic E-state index is 4.30. The van der Waals surface area contributed by atoms with Crippen molar-refractivity contribution in [2.75, 3.05) is 24.3 Å². The SMILES string of the molecule is CN(C)c1ccc(/N=N/c2ccc[n+](CCCBr)c2)cc1. The van der Waals surface area contributed by atoms with Gasteiger partial charge in [-0.25, -0.2) is 4.57 Å². The number of azo groups is 1. The van der Waals surface area contributed by atoms with Crippen molar-refractivity contribution in [1.29, 1.82) is 0 Å². The highest BCUT2D eigenvalue weighted by Gasteiger charge is 2.01. The number of hydrogen-bond acceptors (Lipinski definition) is 3. The number of aromatic nitrogens is 1. The molecule has 0 fully saturated rings. The van der Waals surface area contributed by atoms with E-state index in [1.54, 1.807) is 0 Å². The second-order valence-corrected chi connectivity index (χ2v) is 5.75. The lowest BCUT2D eigenvalue weighted by Crippen LogP contribution is -2.32. The topological polar surface area (TPSA) is 31.8 Å². The Balaban J connectivity index is 2.06. The van der Waals surface area contributed by atoms with Gasteiger partial charge in [-0.3, -0.25) is 0 Å². The summed E-state index contributed by atoms with van der Waals surface area (Å²) in [7, 11) is 4.04. The van der Waals surface area contributed by atoms with E-state index in [1.165, 1.54) is 0 Å². The fourth-order valence-electron chi connectivity index (χ4n) is 1.88. The van der Waals surface area contributed by atoms with Gasteiger partial charge in [-0.1, -0.05) is 15.9 Å². The van der Waals surface area contributed by atoms with Crippen LogP contribution in [0.5, 0.6) is 0 Å². The van der Waals surface area contributed by atoms with Crippen molar-refractivity contribution in [3.05, 3.63) is 48.8 Å². The monoisotopic (exact) mass is 347 g/mol. The molecule has 110 valence electrons. The van der Waals surface area contributed by atoms with Crippen molar-refractivity contribution in [2.24, 2.45) is 10.2 Å². The quantitative estimate of drug-likeness (QED) is 0.436. The average molecular weight is 348 g/mol. The van der Waals surface area contributed by atoms with Crippen LogP contribution in [-0.2, 0) is 6.54 Å². The third-order valence-electron chi connectivity index (χ3n) is 3.04. The first-order valence-corrected chi connectivity index (χ1v) is 8.05. The molecule has 0 bridgehead atoms. The van der Waals surface area contributed by atoms with E-state index in [0.29, 0.717) is 0 Å². The molecule has 0 amide bonds. The van der Waals surface area contributed by atoms with Crippen molar-refractivity contribution >= 4 is 33.0 Å². The van der Waals surface area contributed by atoms with Gasteiger partial charge >= 0.3 is 0 Å². The minimum Gasteiger partial charge on any atom is -0.378 e. The minimum atomic E-state index is 0.858. The Bertz CT molecular complexity index is 593. The predicted octanol–water partition coefficient (Wildman–Crippen LogP) is 4.24. The summed E-state index contributed by atoms with van der Waals surface area (Å²) in [6.45, 7) is 0.978. The number of halogens is 1. The first-order chi connectivity index (χ1) is 10.2. The molecule has 0 saturated carbocycles. The summed E-state index contributed by atoms with van der Waals surface area (Å²) >= 11 is 3.44. The second-order valence-electron chi connectivity index (χ2n) is 4.95. The molecule has 0 atom stereocenters. The van der Waals surface area contributed by atoms with E-state index in [1.807, 2.05) is 62.9 Å². The van der Waals surface area contributed by atoms with Crippen LogP contribution in [0.25, 0.3) is 0 Å². The summed E-state index contributed by atoms with van der Waals surface area (Å²) < 4.78 is 2.13. The number of rotatable bonds is 6. The van der Waals surface area contributed by atoms with E-state index >= 15 is 0 Å². The standard InChI is InChI=1S/C16H20BrN4/c1-20(2)16-8-6-14(7-9-16)18-19-15-5-3-11-21(13-15)12-4-10-17/h3,5-9,11,13H,4,10,12H2,1-2H3/q+1/b19-18+. The zero-order chi connectivity index (χ0) is 15.1. The molecule has 0 unspecified atom stereocenters. The van der Waals surface area contributed by atoms with E-state index in [0.717, 1.165) is 35.4 Å². The number of aryl methyl sites for hydroxylation is 1. The summed E-state index contributed by atoms with van der Waals surface area (Å²) in [5.74, 6) is 0. The molecule has 0 N–H and O–H groups in total. The lowest BCUT2D eigenvalue weighted by atomic mass is 10.3. The van der Waals surface area contributed by atoms with Gasteiger partial charge in [0.1, 0.15) is 12.2 Å². The molecule has 0 saturated heterocycles. The van der Waals surface area contributed by atoms with Gasteiger partial charge in [0.25, 0.3) is 0 Å². The highest BCUT2D eigenvalue weighted by atomic mass is 79.9. The van der Waals surface area contributed by atoms with Gasteiger partial charge in [0.2, 0.25) is 0 Å². The van der Waals surface area contributed by atoms with E-state index in [9.17, 15) is 0 Å². The molecule has 5 heteroatoms. The fourth-order valence-corrected chi connectivity index (χ4v) is 2.13. The van der Waals surface area contributed by atoms with Gasteiger partial charge in [-0.15, -0.1) is 5.11 Å². The van der Waals surface area contributed by atoms with Crippen molar-refractivity contribution in [2.45, 2.75) is 13.0 Å². The maximum Gasteiger partial charge on any atom is 0.196 e. The second kappa shape index (κ2) is 7.88. The Hall–Kier alpha value is -1.75. The van der Waals surface area contributed by atoms with Crippen LogP contribution < -0.4 is 9.47 Å². The summed E-state index contributed by atoms with van der Waals surface area (Å²) in [6, 6.07) is 12.0. The third-order valence-corrected chi connectivity index (χ3v) is 3.60. The van der Waals surface area contributed by atoms with Gasteiger partial charge in [0.15, 0.2) is 12.4 Å². The van der Waals surface area contributed by atoms with E-state index in [4.69, 9.17) is 0 Å². The molecule has 21 heavy (non-hydrogen) atoms. The Labute approximate surface area is 134 Å². The first kappa shape index (κ1) is 15.6. The van der Waals surface area contributed by atoms with Crippen LogP contribution in [0.3, 0.4) is 0 Å². The number of nitrogens with zero attached hydrogens (tertiary/aromatic N) is 4. The molecule has 2 rings (SSSR count). The minimum absolute atomic E-state index is 0.858. The van der Waals surface area contributed by atoms with Crippen LogP contribution in [0.2, 0.25) is 0 Å². The third kappa shape index (κ3) is 4.93. The van der Waals surface area contributed by atoms with Crippen LogP contribution in [0.4, 0.5) is 17.1 Å². The highest BCUT2D eigenvalue weighted by molar-refractivity contribution is 9.09. The van der Waals surface area contributed by atoms with Crippen LogP contribution in [0.1, 0.15) is 6.42 Å². The Morgan fingerprint density at radius 2 is 1.76 bits per heavy atom. The van der Waals surface area contributed by atoms with E-state index < -0.39 is 0 Å². The van der Waals surface area contributed by atoms with Crippen molar-refractivity contribution in [1.82, 2.24) is 0 Å². The molecular formula is C16H20BrN4+. The molecule has 1 heterocycles. The van der Waals surface area contributed by atoms with Crippen LogP contribution in [-0.4, -0.2) is 19.4 Å². The summed E-state index contributed by atoms with van der Waals surface area (Å²) in [5.41, 5.74) is 2.88. The molecule has 0 aliphatic heterocycles. The zero-order valence-corrected chi connectivity index (χ0v) is 14.0. The number of alkyl halides is 1. The average Bonchev–Trinajstić information content (AvgIpc) is 2.52.